The van der Waals surface area contributed by atoms with Gasteiger partial charge in [-0.2, -0.15) is 0 Å². The summed E-state index contributed by atoms with van der Waals surface area (Å²) < 4.78 is 48.3. The third kappa shape index (κ3) is 2.35. The zero-order valence-corrected chi connectivity index (χ0v) is 9.78. The highest BCUT2D eigenvalue weighted by atomic mass is 35.7. The second-order valence-electron chi connectivity index (χ2n) is 3.90. The highest BCUT2D eigenvalue weighted by molar-refractivity contribution is 8.13. The molecular formula is C10H9ClF2O2S. The Balaban J connectivity index is 2.43. The number of benzene rings is 1. The van der Waals surface area contributed by atoms with Gasteiger partial charge >= 0.3 is 0 Å². The van der Waals surface area contributed by atoms with Gasteiger partial charge in [0, 0.05) is 23.5 Å². The molecular weight excluding hydrogens is 258 g/mol. The lowest BCUT2D eigenvalue weighted by Gasteiger charge is -2.24. The lowest BCUT2D eigenvalue weighted by atomic mass is 9.89. The monoisotopic (exact) mass is 266 g/mol. The SMILES string of the molecule is O=S(=O)(Cl)c1ccc2c(c1)CCC(F)(F)C2. The Labute approximate surface area is 96.6 Å². The van der Waals surface area contributed by atoms with Crippen molar-refractivity contribution in [1.29, 1.82) is 0 Å². The molecule has 0 aliphatic heterocycles. The van der Waals surface area contributed by atoms with Crippen molar-refractivity contribution in [3.8, 4) is 0 Å². The fourth-order valence-corrected chi connectivity index (χ4v) is 2.65. The fourth-order valence-electron chi connectivity index (χ4n) is 1.84. The summed E-state index contributed by atoms with van der Waals surface area (Å²) >= 11 is 0. The first-order chi connectivity index (χ1) is 7.28. The van der Waals surface area contributed by atoms with Crippen molar-refractivity contribution in [2.45, 2.75) is 30.1 Å². The van der Waals surface area contributed by atoms with Crippen molar-refractivity contribution >= 4 is 19.7 Å². The van der Waals surface area contributed by atoms with Crippen molar-refractivity contribution in [3.63, 3.8) is 0 Å². The zero-order valence-electron chi connectivity index (χ0n) is 8.21. The fraction of sp³-hybridized carbons (Fsp3) is 0.400. The summed E-state index contributed by atoms with van der Waals surface area (Å²) in [5.74, 6) is -2.69. The van der Waals surface area contributed by atoms with Gasteiger partial charge in [0.25, 0.3) is 15.0 Å². The number of aryl methyl sites for hydroxylation is 1. The minimum absolute atomic E-state index is 0.0295. The maximum absolute atomic E-state index is 13.1. The van der Waals surface area contributed by atoms with Crippen molar-refractivity contribution in [3.05, 3.63) is 29.3 Å². The van der Waals surface area contributed by atoms with E-state index in [0.717, 1.165) is 0 Å². The quantitative estimate of drug-likeness (QED) is 0.733. The Morgan fingerprint density at radius 3 is 2.56 bits per heavy atom. The Bertz CT molecular complexity index is 526. The molecule has 1 aliphatic carbocycles. The summed E-state index contributed by atoms with van der Waals surface area (Å²) in [6, 6.07) is 4.06. The first-order valence-electron chi connectivity index (χ1n) is 4.72. The maximum Gasteiger partial charge on any atom is 0.261 e. The van der Waals surface area contributed by atoms with Crippen LogP contribution in [-0.4, -0.2) is 14.3 Å². The van der Waals surface area contributed by atoms with E-state index in [0.29, 0.717) is 11.1 Å². The first-order valence-corrected chi connectivity index (χ1v) is 7.03. The van der Waals surface area contributed by atoms with Crippen LogP contribution >= 0.6 is 10.7 Å². The van der Waals surface area contributed by atoms with Crippen LogP contribution in [0.3, 0.4) is 0 Å². The molecule has 0 saturated heterocycles. The van der Waals surface area contributed by atoms with Crippen LogP contribution in [0.15, 0.2) is 23.1 Å². The van der Waals surface area contributed by atoms with Crippen LogP contribution in [0.4, 0.5) is 8.78 Å². The van der Waals surface area contributed by atoms with Gasteiger partial charge in [-0.05, 0) is 29.7 Å². The molecule has 0 unspecified atom stereocenters. The standard InChI is InChI=1S/C10H9ClF2O2S/c11-16(14,15)9-2-1-8-6-10(12,13)4-3-7(8)5-9/h1-2,5H,3-4,6H2. The topological polar surface area (TPSA) is 34.1 Å². The molecule has 1 aromatic rings. The Kier molecular flexibility index (Phi) is 2.70. The minimum atomic E-state index is -3.78. The van der Waals surface area contributed by atoms with Crippen LogP contribution in [0.1, 0.15) is 17.5 Å². The van der Waals surface area contributed by atoms with Gasteiger partial charge in [0.2, 0.25) is 0 Å². The van der Waals surface area contributed by atoms with E-state index in [1.54, 1.807) is 0 Å². The molecule has 0 radical (unpaired) electrons. The van der Waals surface area contributed by atoms with Gasteiger partial charge in [-0.3, -0.25) is 0 Å². The van der Waals surface area contributed by atoms with Crippen LogP contribution in [-0.2, 0) is 21.9 Å². The zero-order chi connectivity index (χ0) is 12.0. The van der Waals surface area contributed by atoms with Crippen LogP contribution in [0.2, 0.25) is 0 Å². The summed E-state index contributed by atoms with van der Waals surface area (Å²) in [7, 11) is 1.40. The molecule has 0 N–H and O–H groups in total. The smallest absolute Gasteiger partial charge is 0.207 e. The number of hydrogen-bond acceptors (Lipinski definition) is 2. The summed E-state index contributed by atoms with van der Waals surface area (Å²) in [6.07, 6.45) is -0.390. The van der Waals surface area contributed by atoms with Gasteiger partial charge < -0.3 is 0 Å². The van der Waals surface area contributed by atoms with E-state index in [1.807, 2.05) is 0 Å². The number of hydrogen-bond donors (Lipinski definition) is 0. The highest BCUT2D eigenvalue weighted by Gasteiger charge is 2.34. The Morgan fingerprint density at radius 2 is 1.94 bits per heavy atom. The van der Waals surface area contributed by atoms with Crippen molar-refractivity contribution in [1.82, 2.24) is 0 Å². The number of fused-ring (bicyclic) bond motifs is 1. The third-order valence-electron chi connectivity index (χ3n) is 2.67. The lowest BCUT2D eigenvalue weighted by Crippen LogP contribution is -2.25. The largest absolute Gasteiger partial charge is 0.261 e. The van der Waals surface area contributed by atoms with Gasteiger partial charge in [0.15, 0.2) is 0 Å². The summed E-state index contributed by atoms with van der Waals surface area (Å²) in [6.45, 7) is 0. The molecule has 0 saturated carbocycles. The predicted molar refractivity (Wildman–Crippen MR) is 56.5 cm³/mol. The minimum Gasteiger partial charge on any atom is -0.207 e. The molecule has 0 amide bonds. The molecule has 2 rings (SSSR count). The van der Waals surface area contributed by atoms with Gasteiger partial charge in [-0.1, -0.05) is 6.07 Å². The second-order valence-corrected chi connectivity index (χ2v) is 6.47. The van der Waals surface area contributed by atoms with Crippen molar-refractivity contribution in [2.24, 2.45) is 0 Å². The Hall–Kier alpha value is -0.680. The number of halogens is 3. The maximum atomic E-state index is 13.1. The van der Waals surface area contributed by atoms with E-state index in [4.69, 9.17) is 10.7 Å². The van der Waals surface area contributed by atoms with Crippen molar-refractivity contribution in [2.75, 3.05) is 0 Å². The molecule has 2 nitrogen and oxygen atoms in total. The van der Waals surface area contributed by atoms with Crippen LogP contribution in [0.5, 0.6) is 0 Å². The van der Waals surface area contributed by atoms with Gasteiger partial charge in [-0.15, -0.1) is 0 Å². The number of rotatable bonds is 1. The van der Waals surface area contributed by atoms with E-state index in [-0.39, 0.29) is 24.2 Å². The molecule has 88 valence electrons. The molecule has 0 atom stereocenters. The lowest BCUT2D eigenvalue weighted by molar-refractivity contribution is -0.0122. The summed E-state index contributed by atoms with van der Waals surface area (Å²) in [5, 5.41) is 0. The highest BCUT2D eigenvalue weighted by Crippen LogP contribution is 2.34. The normalized spacial score (nSPS) is 19.2. The van der Waals surface area contributed by atoms with Crippen LogP contribution < -0.4 is 0 Å². The van der Waals surface area contributed by atoms with Crippen LogP contribution in [0, 0.1) is 0 Å². The molecule has 0 fully saturated rings. The third-order valence-corrected chi connectivity index (χ3v) is 4.02. The second kappa shape index (κ2) is 3.67. The number of alkyl halides is 2. The molecule has 16 heavy (non-hydrogen) atoms. The van der Waals surface area contributed by atoms with E-state index < -0.39 is 15.0 Å². The van der Waals surface area contributed by atoms with E-state index in [1.165, 1.54) is 18.2 Å². The molecule has 0 heterocycles. The molecule has 0 bridgehead atoms. The molecule has 6 heteroatoms. The average Bonchev–Trinajstić information content (AvgIpc) is 2.14. The molecule has 1 aromatic carbocycles. The van der Waals surface area contributed by atoms with Gasteiger partial charge in [0.1, 0.15) is 0 Å². The van der Waals surface area contributed by atoms with Gasteiger partial charge in [-0.25, -0.2) is 17.2 Å². The summed E-state index contributed by atoms with van der Waals surface area (Å²) in [4.78, 5) is -0.0295. The van der Waals surface area contributed by atoms with E-state index in [2.05, 4.69) is 0 Å². The van der Waals surface area contributed by atoms with E-state index in [9.17, 15) is 17.2 Å². The molecule has 0 aromatic heterocycles. The van der Waals surface area contributed by atoms with Crippen LogP contribution in [0.25, 0.3) is 0 Å². The summed E-state index contributed by atoms with van der Waals surface area (Å²) in [5.41, 5.74) is 1.15. The van der Waals surface area contributed by atoms with E-state index >= 15 is 0 Å². The molecule has 0 spiro atoms. The van der Waals surface area contributed by atoms with Gasteiger partial charge in [0.05, 0.1) is 4.90 Å². The Morgan fingerprint density at radius 1 is 1.25 bits per heavy atom. The average molecular weight is 267 g/mol. The van der Waals surface area contributed by atoms with Crippen molar-refractivity contribution < 1.29 is 17.2 Å². The first kappa shape index (κ1) is 11.8. The predicted octanol–water partition coefficient (Wildman–Crippen LogP) is 2.74. The molecule has 1 aliphatic rings.